The molecular formula is C9H9BrF2O. The standard InChI is InChI=1S/C9H9BrF2O/c10-5-6-13-8-3-1-7(2-4-8)9(11)12/h1-4,9H,5-6H2. The Hall–Kier alpha value is -0.640. The molecule has 0 bridgehead atoms. The molecule has 1 aromatic rings. The molecule has 72 valence electrons. The zero-order chi connectivity index (χ0) is 9.68. The average molecular weight is 251 g/mol. The van der Waals surface area contributed by atoms with E-state index in [9.17, 15) is 8.78 Å². The molecule has 0 atom stereocenters. The van der Waals surface area contributed by atoms with Crippen molar-refractivity contribution in [1.82, 2.24) is 0 Å². The number of benzene rings is 1. The van der Waals surface area contributed by atoms with Crippen LogP contribution in [0, 0.1) is 0 Å². The van der Waals surface area contributed by atoms with Crippen molar-refractivity contribution in [2.75, 3.05) is 11.9 Å². The predicted molar refractivity (Wildman–Crippen MR) is 50.7 cm³/mol. The quantitative estimate of drug-likeness (QED) is 0.745. The van der Waals surface area contributed by atoms with Crippen LogP contribution in [0.4, 0.5) is 8.78 Å². The Morgan fingerprint density at radius 3 is 2.31 bits per heavy atom. The molecule has 0 saturated heterocycles. The summed E-state index contributed by atoms with van der Waals surface area (Å²) in [7, 11) is 0. The van der Waals surface area contributed by atoms with E-state index in [2.05, 4.69) is 15.9 Å². The van der Waals surface area contributed by atoms with Gasteiger partial charge in [-0.2, -0.15) is 0 Å². The molecule has 0 aliphatic heterocycles. The van der Waals surface area contributed by atoms with Gasteiger partial charge in [-0.1, -0.05) is 15.9 Å². The maximum absolute atomic E-state index is 12.1. The molecule has 13 heavy (non-hydrogen) atoms. The Balaban J connectivity index is 2.59. The summed E-state index contributed by atoms with van der Waals surface area (Å²) in [6.45, 7) is 0.536. The summed E-state index contributed by atoms with van der Waals surface area (Å²) in [5, 5.41) is 0.726. The second kappa shape index (κ2) is 5.17. The zero-order valence-corrected chi connectivity index (χ0v) is 8.43. The summed E-state index contributed by atoms with van der Waals surface area (Å²) in [6, 6.07) is 5.83. The Labute approximate surface area is 83.8 Å². The van der Waals surface area contributed by atoms with Crippen molar-refractivity contribution in [3.63, 3.8) is 0 Å². The van der Waals surface area contributed by atoms with Gasteiger partial charge in [0.1, 0.15) is 5.75 Å². The predicted octanol–water partition coefficient (Wildman–Crippen LogP) is 3.40. The van der Waals surface area contributed by atoms with Crippen molar-refractivity contribution in [1.29, 1.82) is 0 Å². The summed E-state index contributed by atoms with van der Waals surface area (Å²) in [5.74, 6) is 0.615. The van der Waals surface area contributed by atoms with Crippen LogP contribution in [0.3, 0.4) is 0 Å². The van der Waals surface area contributed by atoms with Crippen LogP contribution in [-0.4, -0.2) is 11.9 Å². The summed E-state index contributed by atoms with van der Waals surface area (Å²) < 4.78 is 29.4. The highest BCUT2D eigenvalue weighted by atomic mass is 79.9. The van der Waals surface area contributed by atoms with E-state index in [-0.39, 0.29) is 5.56 Å². The number of ether oxygens (including phenoxy) is 1. The molecule has 1 aromatic carbocycles. The lowest BCUT2D eigenvalue weighted by Gasteiger charge is -2.04. The number of rotatable bonds is 4. The van der Waals surface area contributed by atoms with Gasteiger partial charge >= 0.3 is 0 Å². The van der Waals surface area contributed by atoms with Crippen molar-refractivity contribution >= 4 is 15.9 Å². The first-order valence-electron chi connectivity index (χ1n) is 3.81. The summed E-state index contributed by atoms with van der Waals surface area (Å²) >= 11 is 3.20. The minimum Gasteiger partial charge on any atom is -0.493 e. The lowest BCUT2D eigenvalue weighted by atomic mass is 10.2. The maximum atomic E-state index is 12.1. The second-order valence-electron chi connectivity index (χ2n) is 2.41. The summed E-state index contributed by atoms with van der Waals surface area (Å²) in [4.78, 5) is 0. The van der Waals surface area contributed by atoms with E-state index in [0.29, 0.717) is 12.4 Å². The average Bonchev–Trinajstić information content (AvgIpc) is 2.15. The second-order valence-corrected chi connectivity index (χ2v) is 3.20. The van der Waals surface area contributed by atoms with Gasteiger partial charge in [0.25, 0.3) is 6.43 Å². The van der Waals surface area contributed by atoms with Crippen LogP contribution in [0.5, 0.6) is 5.75 Å². The van der Waals surface area contributed by atoms with E-state index >= 15 is 0 Å². The molecule has 0 N–H and O–H groups in total. The fourth-order valence-corrected chi connectivity index (χ4v) is 1.03. The van der Waals surface area contributed by atoms with Gasteiger partial charge in [0.2, 0.25) is 0 Å². The molecule has 0 amide bonds. The topological polar surface area (TPSA) is 9.23 Å². The van der Waals surface area contributed by atoms with E-state index in [1.165, 1.54) is 12.1 Å². The lowest BCUT2D eigenvalue weighted by molar-refractivity contribution is 0.151. The molecular weight excluding hydrogens is 242 g/mol. The van der Waals surface area contributed by atoms with Crippen molar-refractivity contribution in [3.05, 3.63) is 29.8 Å². The van der Waals surface area contributed by atoms with Gasteiger partial charge < -0.3 is 4.74 Å². The number of alkyl halides is 3. The minimum absolute atomic E-state index is 0.0196. The first-order chi connectivity index (χ1) is 6.24. The van der Waals surface area contributed by atoms with Crippen LogP contribution in [0.25, 0.3) is 0 Å². The van der Waals surface area contributed by atoms with Crippen LogP contribution < -0.4 is 4.74 Å². The molecule has 1 nitrogen and oxygen atoms in total. The zero-order valence-electron chi connectivity index (χ0n) is 6.84. The van der Waals surface area contributed by atoms with Gasteiger partial charge in [-0.15, -0.1) is 0 Å². The van der Waals surface area contributed by atoms with Gasteiger partial charge in [0.15, 0.2) is 0 Å². The van der Waals surface area contributed by atoms with Crippen LogP contribution >= 0.6 is 15.9 Å². The Morgan fingerprint density at radius 1 is 1.23 bits per heavy atom. The molecule has 1 rings (SSSR count). The number of hydrogen-bond donors (Lipinski definition) is 0. The monoisotopic (exact) mass is 250 g/mol. The summed E-state index contributed by atoms with van der Waals surface area (Å²) in [6.07, 6.45) is -2.41. The molecule has 0 unspecified atom stereocenters. The molecule has 0 saturated carbocycles. The summed E-state index contributed by atoms with van der Waals surface area (Å²) in [5.41, 5.74) is 0.0196. The van der Waals surface area contributed by atoms with E-state index in [0.717, 1.165) is 5.33 Å². The first kappa shape index (κ1) is 10.4. The van der Waals surface area contributed by atoms with Gasteiger partial charge in [-0.3, -0.25) is 0 Å². The van der Waals surface area contributed by atoms with Crippen LogP contribution in [0.2, 0.25) is 0 Å². The van der Waals surface area contributed by atoms with Gasteiger partial charge in [0, 0.05) is 10.9 Å². The smallest absolute Gasteiger partial charge is 0.263 e. The Bertz CT molecular complexity index is 248. The lowest BCUT2D eigenvalue weighted by Crippen LogP contribution is -1.97. The normalized spacial score (nSPS) is 10.5. The molecule has 0 fully saturated rings. The third-order valence-corrected chi connectivity index (χ3v) is 1.80. The molecule has 0 heterocycles. The third-order valence-electron chi connectivity index (χ3n) is 1.48. The van der Waals surface area contributed by atoms with Crippen molar-refractivity contribution in [3.8, 4) is 5.75 Å². The van der Waals surface area contributed by atoms with Crippen LogP contribution in [-0.2, 0) is 0 Å². The number of halogens is 3. The molecule has 0 aliphatic rings. The minimum atomic E-state index is -2.41. The maximum Gasteiger partial charge on any atom is 0.263 e. The van der Waals surface area contributed by atoms with Gasteiger partial charge in [-0.05, 0) is 24.3 Å². The molecule has 0 spiro atoms. The van der Waals surface area contributed by atoms with E-state index in [1.807, 2.05) is 0 Å². The van der Waals surface area contributed by atoms with Crippen molar-refractivity contribution in [2.24, 2.45) is 0 Å². The SMILES string of the molecule is FC(F)c1ccc(OCCBr)cc1. The van der Waals surface area contributed by atoms with Gasteiger partial charge in [0.05, 0.1) is 6.61 Å². The van der Waals surface area contributed by atoms with E-state index < -0.39 is 6.43 Å². The first-order valence-corrected chi connectivity index (χ1v) is 4.93. The fraction of sp³-hybridized carbons (Fsp3) is 0.333. The van der Waals surface area contributed by atoms with Crippen LogP contribution in [0.1, 0.15) is 12.0 Å². The highest BCUT2D eigenvalue weighted by Crippen LogP contribution is 2.21. The van der Waals surface area contributed by atoms with Crippen molar-refractivity contribution in [2.45, 2.75) is 6.43 Å². The van der Waals surface area contributed by atoms with E-state index in [1.54, 1.807) is 12.1 Å². The van der Waals surface area contributed by atoms with Crippen molar-refractivity contribution < 1.29 is 13.5 Å². The largest absolute Gasteiger partial charge is 0.493 e. The third kappa shape index (κ3) is 3.30. The highest BCUT2D eigenvalue weighted by molar-refractivity contribution is 9.09. The van der Waals surface area contributed by atoms with Gasteiger partial charge in [-0.25, -0.2) is 8.78 Å². The molecule has 0 radical (unpaired) electrons. The number of hydrogen-bond acceptors (Lipinski definition) is 1. The molecule has 4 heteroatoms. The molecule has 0 aromatic heterocycles. The van der Waals surface area contributed by atoms with Crippen LogP contribution in [0.15, 0.2) is 24.3 Å². The Kier molecular flexibility index (Phi) is 4.15. The highest BCUT2D eigenvalue weighted by Gasteiger charge is 2.05. The van der Waals surface area contributed by atoms with E-state index in [4.69, 9.17) is 4.74 Å². The fourth-order valence-electron chi connectivity index (χ4n) is 0.866. The Morgan fingerprint density at radius 2 is 1.85 bits per heavy atom. The molecule has 0 aliphatic carbocycles.